The van der Waals surface area contributed by atoms with Crippen molar-refractivity contribution in [3.8, 4) is 0 Å². The van der Waals surface area contributed by atoms with E-state index < -0.39 is 6.10 Å². The van der Waals surface area contributed by atoms with Gasteiger partial charge in [0.15, 0.2) is 0 Å². The van der Waals surface area contributed by atoms with Gasteiger partial charge in [0.2, 0.25) is 5.91 Å². The normalized spacial score (nSPS) is 13.7. The van der Waals surface area contributed by atoms with E-state index >= 15 is 0 Å². The second kappa shape index (κ2) is 16.3. The van der Waals surface area contributed by atoms with Crippen LogP contribution < -0.4 is 11.1 Å². The van der Waals surface area contributed by atoms with Crippen LogP contribution in [0.4, 0.5) is 0 Å². The molecule has 0 heterocycles. The third-order valence-electron chi connectivity index (χ3n) is 4.31. The maximum absolute atomic E-state index is 11.8. The minimum atomic E-state index is -0.499. The van der Waals surface area contributed by atoms with Crippen LogP contribution in [0.1, 0.15) is 97.3 Å². The lowest BCUT2D eigenvalue weighted by Crippen LogP contribution is -2.35. The van der Waals surface area contributed by atoms with Crippen LogP contribution in [-0.2, 0) is 4.79 Å². The summed E-state index contributed by atoms with van der Waals surface area (Å²) in [5.41, 5.74) is 5.46. The third-order valence-corrected chi connectivity index (χ3v) is 4.31. The van der Waals surface area contributed by atoms with E-state index in [1.54, 1.807) is 0 Å². The van der Waals surface area contributed by atoms with Gasteiger partial charge in [-0.25, -0.2) is 0 Å². The first-order chi connectivity index (χ1) is 11.1. The average Bonchev–Trinajstić information content (AvgIpc) is 2.51. The highest BCUT2D eigenvalue weighted by atomic mass is 16.3. The van der Waals surface area contributed by atoms with E-state index in [1.807, 2.05) is 6.92 Å². The zero-order valence-corrected chi connectivity index (χ0v) is 15.5. The fraction of sp³-hybridized carbons (Fsp3) is 0.947. The van der Waals surface area contributed by atoms with Gasteiger partial charge >= 0.3 is 0 Å². The van der Waals surface area contributed by atoms with Crippen molar-refractivity contribution < 1.29 is 9.90 Å². The lowest BCUT2D eigenvalue weighted by Gasteiger charge is -2.15. The molecule has 0 aliphatic heterocycles. The Bertz CT molecular complexity index is 272. The lowest BCUT2D eigenvalue weighted by molar-refractivity contribution is -0.123. The van der Waals surface area contributed by atoms with Gasteiger partial charge in [-0.3, -0.25) is 4.79 Å². The van der Waals surface area contributed by atoms with E-state index in [1.165, 1.54) is 51.4 Å². The van der Waals surface area contributed by atoms with Crippen molar-refractivity contribution in [2.45, 2.75) is 109 Å². The van der Waals surface area contributed by atoms with Crippen molar-refractivity contribution in [3.05, 3.63) is 0 Å². The summed E-state index contributed by atoms with van der Waals surface area (Å²) < 4.78 is 0. The monoisotopic (exact) mass is 328 g/mol. The van der Waals surface area contributed by atoms with Gasteiger partial charge in [-0.15, -0.1) is 0 Å². The molecule has 0 aromatic carbocycles. The van der Waals surface area contributed by atoms with Gasteiger partial charge in [0, 0.05) is 6.04 Å². The van der Waals surface area contributed by atoms with Crippen LogP contribution in [0.3, 0.4) is 0 Å². The fourth-order valence-electron chi connectivity index (χ4n) is 2.84. The molecule has 0 fully saturated rings. The zero-order chi connectivity index (χ0) is 17.3. The number of nitrogens with one attached hydrogen (secondary N) is 1. The number of hydrogen-bond donors (Lipinski definition) is 3. The van der Waals surface area contributed by atoms with Crippen LogP contribution in [0.5, 0.6) is 0 Å². The van der Waals surface area contributed by atoms with Crippen LogP contribution >= 0.6 is 0 Å². The maximum Gasteiger partial charge on any atom is 0.222 e. The summed E-state index contributed by atoms with van der Waals surface area (Å²) >= 11 is 0. The van der Waals surface area contributed by atoms with Crippen LogP contribution in [0.15, 0.2) is 0 Å². The van der Waals surface area contributed by atoms with E-state index in [0.717, 1.165) is 25.7 Å². The molecule has 0 rings (SSSR count). The molecule has 0 aromatic heterocycles. The topological polar surface area (TPSA) is 75.3 Å². The Hall–Kier alpha value is -0.610. The van der Waals surface area contributed by atoms with Gasteiger partial charge in [0.1, 0.15) is 0 Å². The quantitative estimate of drug-likeness (QED) is 0.376. The largest absolute Gasteiger partial charge is 0.393 e. The van der Waals surface area contributed by atoms with Crippen molar-refractivity contribution in [2.75, 3.05) is 6.54 Å². The Kier molecular flexibility index (Phi) is 15.8. The molecule has 0 radical (unpaired) electrons. The first-order valence-corrected chi connectivity index (χ1v) is 9.77. The Morgan fingerprint density at radius 2 is 1.52 bits per heavy atom. The fourth-order valence-corrected chi connectivity index (χ4v) is 2.84. The minimum Gasteiger partial charge on any atom is -0.393 e. The van der Waals surface area contributed by atoms with Gasteiger partial charge in [-0.2, -0.15) is 0 Å². The molecule has 0 bridgehead atoms. The molecule has 0 aliphatic carbocycles. The van der Waals surface area contributed by atoms with Crippen molar-refractivity contribution in [2.24, 2.45) is 5.73 Å². The Morgan fingerprint density at radius 3 is 2.09 bits per heavy atom. The van der Waals surface area contributed by atoms with E-state index in [-0.39, 0.29) is 18.4 Å². The van der Waals surface area contributed by atoms with Crippen molar-refractivity contribution in [3.63, 3.8) is 0 Å². The summed E-state index contributed by atoms with van der Waals surface area (Å²) in [6.45, 7) is 4.88. The average molecular weight is 329 g/mol. The van der Waals surface area contributed by atoms with Gasteiger partial charge in [-0.05, 0) is 32.7 Å². The standard InChI is InChI=1S/C19H40N2O2/c1-3-4-5-6-7-8-9-10-11-14-18(22)16-19(23)21-17(2)13-12-15-20/h17-18,22H,3-16,20H2,1-2H3,(H,21,23). The Morgan fingerprint density at radius 1 is 0.957 bits per heavy atom. The van der Waals surface area contributed by atoms with Crippen LogP contribution in [-0.4, -0.2) is 29.7 Å². The van der Waals surface area contributed by atoms with Crippen molar-refractivity contribution in [1.29, 1.82) is 0 Å². The second-order valence-electron chi connectivity index (χ2n) is 6.87. The summed E-state index contributed by atoms with van der Waals surface area (Å²) in [4.78, 5) is 11.8. The number of carbonyl (C=O) groups excluding carboxylic acids is 1. The summed E-state index contributed by atoms with van der Waals surface area (Å²) in [5.74, 6) is -0.0436. The number of carbonyl (C=O) groups is 1. The summed E-state index contributed by atoms with van der Waals surface area (Å²) in [6, 6.07) is 0.144. The maximum atomic E-state index is 11.8. The molecule has 2 unspecified atom stereocenters. The molecule has 1 amide bonds. The molecule has 0 aromatic rings. The van der Waals surface area contributed by atoms with E-state index in [2.05, 4.69) is 12.2 Å². The minimum absolute atomic E-state index is 0.0436. The highest BCUT2D eigenvalue weighted by Crippen LogP contribution is 2.12. The smallest absolute Gasteiger partial charge is 0.222 e. The second-order valence-corrected chi connectivity index (χ2v) is 6.87. The van der Waals surface area contributed by atoms with Gasteiger partial charge in [-0.1, -0.05) is 64.7 Å². The van der Waals surface area contributed by atoms with E-state index in [0.29, 0.717) is 6.54 Å². The summed E-state index contributed by atoms with van der Waals surface area (Å²) in [5, 5.41) is 12.9. The SMILES string of the molecule is CCCCCCCCCCCC(O)CC(=O)NC(C)CCCN. The molecular formula is C19H40N2O2. The number of amides is 1. The number of nitrogens with two attached hydrogens (primary N) is 1. The Labute approximate surface area is 143 Å². The first kappa shape index (κ1) is 22.4. The first-order valence-electron chi connectivity index (χ1n) is 9.77. The number of aliphatic hydroxyl groups excluding tert-OH is 1. The molecule has 0 aliphatic rings. The molecule has 0 saturated carbocycles. The number of unbranched alkanes of at least 4 members (excludes halogenated alkanes) is 8. The molecular weight excluding hydrogens is 288 g/mol. The van der Waals surface area contributed by atoms with Crippen molar-refractivity contribution in [1.82, 2.24) is 5.32 Å². The predicted molar refractivity (Wildman–Crippen MR) is 98.4 cm³/mol. The van der Waals surface area contributed by atoms with Gasteiger partial charge in [0.05, 0.1) is 12.5 Å². The third kappa shape index (κ3) is 16.0. The number of hydrogen-bond acceptors (Lipinski definition) is 3. The van der Waals surface area contributed by atoms with Crippen LogP contribution in [0, 0.1) is 0 Å². The summed E-state index contributed by atoms with van der Waals surface area (Å²) in [7, 11) is 0. The van der Waals surface area contributed by atoms with Crippen molar-refractivity contribution >= 4 is 5.91 Å². The Balaban J connectivity index is 3.45. The highest BCUT2D eigenvalue weighted by Gasteiger charge is 2.12. The van der Waals surface area contributed by atoms with Crippen LogP contribution in [0.2, 0.25) is 0 Å². The zero-order valence-electron chi connectivity index (χ0n) is 15.5. The molecule has 2 atom stereocenters. The molecule has 4 nitrogen and oxygen atoms in total. The molecule has 4 N–H and O–H groups in total. The van der Waals surface area contributed by atoms with E-state index in [4.69, 9.17) is 5.73 Å². The van der Waals surface area contributed by atoms with E-state index in [9.17, 15) is 9.90 Å². The molecule has 138 valence electrons. The molecule has 4 heteroatoms. The number of rotatable bonds is 16. The molecule has 0 spiro atoms. The summed E-state index contributed by atoms with van der Waals surface area (Å²) in [6.07, 6.45) is 13.8. The number of aliphatic hydroxyl groups is 1. The van der Waals surface area contributed by atoms with Gasteiger partial charge in [0.25, 0.3) is 0 Å². The molecule has 23 heavy (non-hydrogen) atoms. The predicted octanol–water partition coefficient (Wildman–Crippen LogP) is 3.90. The van der Waals surface area contributed by atoms with Crippen LogP contribution in [0.25, 0.3) is 0 Å². The molecule has 0 saturated heterocycles. The highest BCUT2D eigenvalue weighted by molar-refractivity contribution is 5.76. The van der Waals surface area contributed by atoms with Gasteiger partial charge < -0.3 is 16.2 Å². The lowest BCUT2D eigenvalue weighted by atomic mass is 10.0.